The summed E-state index contributed by atoms with van der Waals surface area (Å²) in [6.45, 7) is 6.81. The molecule has 1 aromatic rings. The quantitative estimate of drug-likeness (QED) is 0.925. The fraction of sp³-hybridized carbons (Fsp3) is 0.647. The molecule has 4 heteroatoms. The minimum Gasteiger partial charge on any atom is -0.382 e. The molecule has 0 atom stereocenters. The van der Waals surface area contributed by atoms with Gasteiger partial charge in [0.1, 0.15) is 0 Å². The van der Waals surface area contributed by atoms with E-state index in [1.165, 1.54) is 41.3 Å². The normalized spacial score (nSPS) is 21.5. The second-order valence-corrected chi connectivity index (χ2v) is 7.60. The zero-order valence-corrected chi connectivity index (χ0v) is 14.1. The third kappa shape index (κ3) is 4.07. The van der Waals surface area contributed by atoms with Crippen molar-refractivity contribution in [3.05, 3.63) is 23.8 Å². The standard InChI is InChI=1S/C17H27N3S/c1-14-11-16(18-15-3-9-21-10-4-15)13-17(12-14)20-7-5-19(2)6-8-20/h11-13,15,18H,3-10H2,1-2H3. The van der Waals surface area contributed by atoms with E-state index in [2.05, 4.69) is 59.0 Å². The van der Waals surface area contributed by atoms with Crippen LogP contribution in [0.15, 0.2) is 18.2 Å². The molecule has 0 bridgehead atoms. The Labute approximate surface area is 133 Å². The number of hydrogen-bond donors (Lipinski definition) is 1. The van der Waals surface area contributed by atoms with E-state index in [0.717, 1.165) is 26.2 Å². The molecule has 1 N–H and O–H groups in total. The van der Waals surface area contributed by atoms with Crippen molar-refractivity contribution in [3.63, 3.8) is 0 Å². The first-order valence-corrected chi connectivity index (χ1v) is 9.26. The summed E-state index contributed by atoms with van der Waals surface area (Å²) in [5.74, 6) is 2.60. The average molecular weight is 305 g/mol. The largest absolute Gasteiger partial charge is 0.382 e. The van der Waals surface area contributed by atoms with E-state index in [1.54, 1.807) is 0 Å². The number of aryl methyl sites for hydroxylation is 1. The van der Waals surface area contributed by atoms with Crippen LogP contribution in [0, 0.1) is 6.92 Å². The van der Waals surface area contributed by atoms with E-state index in [1.807, 2.05) is 0 Å². The van der Waals surface area contributed by atoms with Gasteiger partial charge in [-0.3, -0.25) is 0 Å². The van der Waals surface area contributed by atoms with Gasteiger partial charge in [-0.15, -0.1) is 0 Å². The van der Waals surface area contributed by atoms with Gasteiger partial charge in [0.05, 0.1) is 0 Å². The molecule has 2 fully saturated rings. The highest BCUT2D eigenvalue weighted by atomic mass is 32.2. The highest BCUT2D eigenvalue weighted by Gasteiger charge is 2.17. The number of likely N-dealkylation sites (N-methyl/N-ethyl adjacent to an activating group) is 1. The van der Waals surface area contributed by atoms with Crippen molar-refractivity contribution in [2.24, 2.45) is 0 Å². The van der Waals surface area contributed by atoms with Crippen LogP contribution in [0.3, 0.4) is 0 Å². The molecular weight excluding hydrogens is 278 g/mol. The molecule has 1 aromatic carbocycles. The SMILES string of the molecule is Cc1cc(NC2CCSCC2)cc(N2CCN(C)CC2)c1. The van der Waals surface area contributed by atoms with Crippen LogP contribution in [0.25, 0.3) is 0 Å². The lowest BCUT2D eigenvalue weighted by atomic mass is 10.1. The fourth-order valence-electron chi connectivity index (χ4n) is 3.17. The fourth-order valence-corrected chi connectivity index (χ4v) is 4.28. The molecule has 0 unspecified atom stereocenters. The number of piperazine rings is 1. The number of benzene rings is 1. The van der Waals surface area contributed by atoms with Crippen molar-refractivity contribution in [1.82, 2.24) is 4.90 Å². The molecule has 3 nitrogen and oxygen atoms in total. The Morgan fingerprint density at radius 2 is 1.76 bits per heavy atom. The molecule has 2 saturated heterocycles. The van der Waals surface area contributed by atoms with Crippen LogP contribution in [-0.2, 0) is 0 Å². The van der Waals surface area contributed by atoms with Gasteiger partial charge in [0.2, 0.25) is 0 Å². The first-order valence-electron chi connectivity index (χ1n) is 8.10. The molecule has 0 radical (unpaired) electrons. The predicted molar refractivity (Wildman–Crippen MR) is 94.9 cm³/mol. The van der Waals surface area contributed by atoms with E-state index in [9.17, 15) is 0 Å². The maximum absolute atomic E-state index is 3.76. The average Bonchev–Trinajstić information content (AvgIpc) is 2.48. The Kier molecular flexibility index (Phi) is 4.96. The molecule has 0 saturated carbocycles. The van der Waals surface area contributed by atoms with Gasteiger partial charge >= 0.3 is 0 Å². The van der Waals surface area contributed by atoms with Gasteiger partial charge in [-0.2, -0.15) is 11.8 Å². The molecule has 116 valence electrons. The van der Waals surface area contributed by atoms with Gasteiger partial charge in [0.15, 0.2) is 0 Å². The topological polar surface area (TPSA) is 18.5 Å². The Morgan fingerprint density at radius 1 is 1.05 bits per heavy atom. The number of nitrogens with one attached hydrogen (secondary N) is 1. The monoisotopic (exact) mass is 305 g/mol. The number of rotatable bonds is 3. The van der Waals surface area contributed by atoms with Crippen LogP contribution >= 0.6 is 11.8 Å². The van der Waals surface area contributed by atoms with Crippen LogP contribution in [-0.4, -0.2) is 55.7 Å². The van der Waals surface area contributed by atoms with Gasteiger partial charge in [-0.1, -0.05) is 0 Å². The van der Waals surface area contributed by atoms with E-state index in [-0.39, 0.29) is 0 Å². The number of thioether (sulfide) groups is 1. The predicted octanol–water partition coefficient (Wildman–Crippen LogP) is 3.05. The van der Waals surface area contributed by atoms with Crippen LogP contribution in [0.1, 0.15) is 18.4 Å². The van der Waals surface area contributed by atoms with Crippen molar-refractivity contribution < 1.29 is 0 Å². The second-order valence-electron chi connectivity index (χ2n) is 6.38. The second kappa shape index (κ2) is 6.93. The molecule has 3 rings (SSSR count). The third-order valence-corrected chi connectivity index (χ3v) is 5.57. The van der Waals surface area contributed by atoms with Crippen LogP contribution in [0.2, 0.25) is 0 Å². The molecule has 2 aliphatic rings. The highest BCUT2D eigenvalue weighted by molar-refractivity contribution is 7.99. The minimum absolute atomic E-state index is 0.661. The van der Waals surface area contributed by atoms with E-state index >= 15 is 0 Å². The van der Waals surface area contributed by atoms with Crippen molar-refractivity contribution in [2.75, 3.05) is 54.9 Å². The number of anilines is 2. The molecule has 21 heavy (non-hydrogen) atoms. The van der Waals surface area contributed by atoms with E-state index in [0.29, 0.717) is 6.04 Å². The molecular formula is C17H27N3S. The summed E-state index contributed by atoms with van der Waals surface area (Å²) in [5, 5.41) is 3.76. The Balaban J connectivity index is 1.70. The van der Waals surface area contributed by atoms with Gasteiger partial charge in [-0.25, -0.2) is 0 Å². The Hall–Kier alpha value is -0.870. The molecule has 2 aliphatic heterocycles. The van der Waals surface area contributed by atoms with E-state index < -0.39 is 0 Å². The minimum atomic E-state index is 0.661. The summed E-state index contributed by atoms with van der Waals surface area (Å²) >= 11 is 2.09. The molecule has 0 aromatic heterocycles. The van der Waals surface area contributed by atoms with Crippen molar-refractivity contribution in [3.8, 4) is 0 Å². The van der Waals surface area contributed by atoms with Crippen molar-refractivity contribution >= 4 is 23.1 Å². The number of hydrogen-bond acceptors (Lipinski definition) is 4. The zero-order valence-electron chi connectivity index (χ0n) is 13.3. The zero-order chi connectivity index (χ0) is 14.7. The van der Waals surface area contributed by atoms with Gasteiger partial charge < -0.3 is 15.1 Å². The Bertz CT molecular complexity index is 463. The lowest BCUT2D eigenvalue weighted by Crippen LogP contribution is -2.44. The van der Waals surface area contributed by atoms with Gasteiger partial charge in [-0.05, 0) is 62.1 Å². The molecule has 2 heterocycles. The van der Waals surface area contributed by atoms with E-state index in [4.69, 9.17) is 0 Å². The van der Waals surface area contributed by atoms with Gasteiger partial charge in [0.25, 0.3) is 0 Å². The Morgan fingerprint density at radius 3 is 2.48 bits per heavy atom. The summed E-state index contributed by atoms with van der Waals surface area (Å²) in [6.07, 6.45) is 2.59. The summed E-state index contributed by atoms with van der Waals surface area (Å²) < 4.78 is 0. The van der Waals surface area contributed by atoms with Crippen LogP contribution in [0.4, 0.5) is 11.4 Å². The first kappa shape index (κ1) is 15.0. The summed E-state index contributed by atoms with van der Waals surface area (Å²) in [5.41, 5.74) is 4.05. The van der Waals surface area contributed by atoms with Crippen LogP contribution < -0.4 is 10.2 Å². The maximum atomic E-state index is 3.76. The highest BCUT2D eigenvalue weighted by Crippen LogP contribution is 2.26. The van der Waals surface area contributed by atoms with Gasteiger partial charge in [0, 0.05) is 43.6 Å². The van der Waals surface area contributed by atoms with Crippen molar-refractivity contribution in [1.29, 1.82) is 0 Å². The lowest BCUT2D eigenvalue weighted by molar-refractivity contribution is 0.313. The summed E-state index contributed by atoms with van der Waals surface area (Å²) in [4.78, 5) is 4.93. The molecule has 0 amide bonds. The maximum Gasteiger partial charge on any atom is 0.0390 e. The molecule has 0 aliphatic carbocycles. The first-order chi connectivity index (χ1) is 10.2. The smallest absolute Gasteiger partial charge is 0.0390 e. The molecule has 0 spiro atoms. The summed E-state index contributed by atoms with van der Waals surface area (Å²) in [6, 6.07) is 7.63. The third-order valence-electron chi connectivity index (χ3n) is 4.52. The van der Waals surface area contributed by atoms with Crippen LogP contribution in [0.5, 0.6) is 0 Å². The number of nitrogens with zero attached hydrogens (tertiary/aromatic N) is 2. The summed E-state index contributed by atoms with van der Waals surface area (Å²) in [7, 11) is 2.21. The lowest BCUT2D eigenvalue weighted by Gasteiger charge is -2.34. The van der Waals surface area contributed by atoms with Crippen molar-refractivity contribution in [2.45, 2.75) is 25.8 Å².